The predicted octanol–water partition coefficient (Wildman–Crippen LogP) is 3.12. The minimum Gasteiger partial charge on any atom is -0.416 e. The molecule has 2 rings (SSSR count). The molecule has 25 heavy (non-hydrogen) atoms. The van der Waals surface area contributed by atoms with E-state index in [2.05, 4.69) is 0 Å². The fourth-order valence-electron chi connectivity index (χ4n) is 1.90. The van der Waals surface area contributed by atoms with Crippen LogP contribution >= 0.6 is 0 Å². The maximum Gasteiger partial charge on any atom is 0.343 e. The Balaban J connectivity index is 2.28. The summed E-state index contributed by atoms with van der Waals surface area (Å²) in [6, 6.07) is 7.59. The van der Waals surface area contributed by atoms with Crippen molar-refractivity contribution in [2.24, 2.45) is 0 Å². The molecule has 0 radical (unpaired) electrons. The van der Waals surface area contributed by atoms with Gasteiger partial charge >= 0.3 is 17.4 Å². The average molecular weight is 371 g/mol. The number of alkyl halides is 2. The molecule has 0 heterocycles. The van der Waals surface area contributed by atoms with Crippen molar-refractivity contribution >= 4 is 21.5 Å². The highest BCUT2D eigenvalue weighted by molar-refractivity contribution is 7.91. The number of ether oxygens (including phenoxy) is 1. The van der Waals surface area contributed by atoms with Crippen molar-refractivity contribution in [2.75, 3.05) is 0 Å². The van der Waals surface area contributed by atoms with Crippen LogP contribution in [0.5, 0.6) is 5.75 Å². The quantitative estimate of drug-likeness (QED) is 0.346. The van der Waals surface area contributed by atoms with Crippen molar-refractivity contribution in [1.29, 1.82) is 0 Å². The van der Waals surface area contributed by atoms with E-state index < -0.39 is 37.1 Å². The normalized spacial score (nSPS) is 11.4. The summed E-state index contributed by atoms with van der Waals surface area (Å²) in [7, 11) is -4.78. The molecule has 0 fully saturated rings. The van der Waals surface area contributed by atoms with Crippen LogP contribution in [-0.2, 0) is 9.84 Å². The van der Waals surface area contributed by atoms with Crippen LogP contribution < -0.4 is 4.74 Å². The molecule has 0 saturated heterocycles. The van der Waals surface area contributed by atoms with Crippen LogP contribution in [0.1, 0.15) is 15.9 Å². The van der Waals surface area contributed by atoms with Gasteiger partial charge in [0.2, 0.25) is 15.6 Å². The van der Waals surface area contributed by atoms with Crippen molar-refractivity contribution in [1.82, 2.24) is 0 Å². The van der Waals surface area contributed by atoms with Crippen LogP contribution in [0, 0.1) is 17.0 Å². The van der Waals surface area contributed by atoms with Crippen LogP contribution in [0.3, 0.4) is 0 Å². The molecule has 0 aromatic heterocycles. The summed E-state index contributed by atoms with van der Waals surface area (Å²) in [5, 5.41) is 10.9. The number of carbonyl (C=O) groups excluding carboxylic acids is 1. The molecule has 0 spiro atoms. The second kappa shape index (κ2) is 6.93. The van der Waals surface area contributed by atoms with E-state index in [9.17, 15) is 32.1 Å². The van der Waals surface area contributed by atoms with Gasteiger partial charge in [0, 0.05) is 6.07 Å². The Morgan fingerprint density at radius 1 is 1.16 bits per heavy atom. The van der Waals surface area contributed by atoms with Gasteiger partial charge in [-0.1, -0.05) is 6.07 Å². The summed E-state index contributed by atoms with van der Waals surface area (Å²) >= 11 is 0. The summed E-state index contributed by atoms with van der Waals surface area (Å²) in [5.74, 6) is -4.85. The lowest BCUT2D eigenvalue weighted by molar-refractivity contribution is -0.385. The number of carbonyl (C=O) groups is 1. The number of nitro benzene ring substituents is 1. The third-order valence-electron chi connectivity index (χ3n) is 3.17. The van der Waals surface area contributed by atoms with Gasteiger partial charge in [-0.2, -0.15) is 8.78 Å². The van der Waals surface area contributed by atoms with Crippen LogP contribution in [-0.4, -0.2) is 25.1 Å². The zero-order valence-electron chi connectivity index (χ0n) is 12.7. The number of esters is 1. The molecule has 0 aliphatic carbocycles. The van der Waals surface area contributed by atoms with Crippen molar-refractivity contribution in [3.8, 4) is 5.75 Å². The predicted molar refractivity (Wildman–Crippen MR) is 82.4 cm³/mol. The minimum atomic E-state index is -4.78. The molecule has 0 aliphatic heterocycles. The first-order valence-corrected chi connectivity index (χ1v) is 8.27. The first-order valence-electron chi connectivity index (χ1n) is 6.72. The number of nitrogens with zero attached hydrogens (tertiary/aromatic N) is 1. The van der Waals surface area contributed by atoms with Gasteiger partial charge in [0.25, 0.3) is 0 Å². The standard InChI is InChI=1S/C15H11F2NO6S/c1-9-2-7-12(18(20)21)13(8-9)24-14(19)10-3-5-11(6-4-10)25(22,23)15(16)17/h2-8,15H,1H3. The molecule has 132 valence electrons. The molecule has 0 saturated carbocycles. The van der Waals surface area contributed by atoms with Gasteiger partial charge < -0.3 is 4.74 Å². The Labute approximate surface area is 140 Å². The number of hydrogen-bond donors (Lipinski definition) is 0. The number of aryl methyl sites for hydroxylation is 1. The van der Waals surface area contributed by atoms with Crippen LogP contribution in [0.2, 0.25) is 0 Å². The van der Waals surface area contributed by atoms with Gasteiger partial charge in [0.1, 0.15) is 0 Å². The maximum absolute atomic E-state index is 12.5. The van der Waals surface area contributed by atoms with Crippen molar-refractivity contribution in [2.45, 2.75) is 17.6 Å². The Morgan fingerprint density at radius 3 is 2.28 bits per heavy atom. The molecule has 0 atom stereocenters. The molecule has 0 aliphatic rings. The molecule has 7 nitrogen and oxygen atoms in total. The Morgan fingerprint density at radius 2 is 1.76 bits per heavy atom. The van der Waals surface area contributed by atoms with Gasteiger partial charge in [-0.05, 0) is 42.8 Å². The number of sulfone groups is 1. The van der Waals surface area contributed by atoms with Gasteiger partial charge in [-0.3, -0.25) is 10.1 Å². The Hall–Kier alpha value is -2.88. The molecule has 2 aromatic carbocycles. The first-order chi connectivity index (χ1) is 11.6. The zero-order chi connectivity index (χ0) is 18.8. The SMILES string of the molecule is Cc1ccc([N+](=O)[O-])c(OC(=O)c2ccc(S(=O)(=O)C(F)F)cc2)c1. The summed E-state index contributed by atoms with van der Waals surface area (Å²) in [5.41, 5.74) is 0.0478. The molecule has 0 unspecified atom stereocenters. The average Bonchev–Trinajstić information content (AvgIpc) is 2.54. The van der Waals surface area contributed by atoms with Gasteiger partial charge in [-0.15, -0.1) is 0 Å². The van der Waals surface area contributed by atoms with Crippen LogP contribution in [0.15, 0.2) is 47.4 Å². The van der Waals surface area contributed by atoms with Crippen molar-refractivity contribution in [3.05, 3.63) is 63.7 Å². The van der Waals surface area contributed by atoms with E-state index in [1.54, 1.807) is 6.92 Å². The molecule has 10 heteroatoms. The fourth-order valence-corrected chi connectivity index (χ4v) is 2.62. The highest BCUT2D eigenvalue weighted by atomic mass is 32.2. The maximum atomic E-state index is 12.5. The van der Waals surface area contributed by atoms with E-state index in [1.165, 1.54) is 18.2 Å². The van der Waals surface area contributed by atoms with Crippen molar-refractivity contribution in [3.63, 3.8) is 0 Å². The smallest absolute Gasteiger partial charge is 0.343 e. The second-order valence-corrected chi connectivity index (χ2v) is 6.87. The summed E-state index contributed by atoms with van der Waals surface area (Å²) < 4.78 is 52.5. The molecule has 0 amide bonds. The highest BCUT2D eigenvalue weighted by Crippen LogP contribution is 2.28. The van der Waals surface area contributed by atoms with Gasteiger partial charge in [0.15, 0.2) is 0 Å². The van der Waals surface area contributed by atoms with E-state index >= 15 is 0 Å². The lowest BCUT2D eigenvalue weighted by Crippen LogP contribution is -2.13. The first kappa shape index (κ1) is 18.5. The topological polar surface area (TPSA) is 104 Å². The lowest BCUT2D eigenvalue weighted by atomic mass is 10.2. The van der Waals surface area contributed by atoms with Gasteiger partial charge in [0.05, 0.1) is 15.4 Å². The second-order valence-electron chi connectivity index (χ2n) is 4.95. The minimum absolute atomic E-state index is 0.149. The summed E-state index contributed by atoms with van der Waals surface area (Å²) in [4.78, 5) is 21.6. The molecular formula is C15H11F2NO6S. The number of halogens is 2. The monoisotopic (exact) mass is 371 g/mol. The Bertz CT molecular complexity index is 926. The molecule has 2 aromatic rings. The third-order valence-corrected chi connectivity index (χ3v) is 4.57. The van der Waals surface area contributed by atoms with Crippen LogP contribution in [0.25, 0.3) is 0 Å². The summed E-state index contributed by atoms with van der Waals surface area (Å²) in [6.45, 7) is 1.64. The van der Waals surface area contributed by atoms with Crippen molar-refractivity contribution < 1.29 is 31.7 Å². The number of hydrogen-bond acceptors (Lipinski definition) is 6. The Kier molecular flexibility index (Phi) is 5.12. The highest BCUT2D eigenvalue weighted by Gasteiger charge is 2.27. The van der Waals surface area contributed by atoms with E-state index in [0.29, 0.717) is 5.56 Å². The number of benzene rings is 2. The molecular weight excluding hydrogens is 360 g/mol. The van der Waals surface area contributed by atoms with Crippen LogP contribution in [0.4, 0.5) is 14.5 Å². The fraction of sp³-hybridized carbons (Fsp3) is 0.133. The number of rotatable bonds is 5. The van der Waals surface area contributed by atoms with E-state index in [4.69, 9.17) is 4.74 Å². The zero-order valence-corrected chi connectivity index (χ0v) is 13.5. The molecule has 0 N–H and O–H groups in total. The number of nitro groups is 1. The third kappa shape index (κ3) is 3.97. The molecule has 0 bridgehead atoms. The van der Waals surface area contributed by atoms with Gasteiger partial charge in [-0.25, -0.2) is 13.2 Å². The summed E-state index contributed by atoms with van der Waals surface area (Å²) in [6.07, 6.45) is 0. The van der Waals surface area contributed by atoms with E-state index in [0.717, 1.165) is 24.3 Å². The van der Waals surface area contributed by atoms with E-state index in [-0.39, 0.29) is 11.3 Å². The van der Waals surface area contributed by atoms with E-state index in [1.807, 2.05) is 0 Å². The largest absolute Gasteiger partial charge is 0.416 e. The lowest BCUT2D eigenvalue weighted by Gasteiger charge is -2.07.